The van der Waals surface area contributed by atoms with E-state index in [1.807, 2.05) is 0 Å². The number of nitro groups is 1. The van der Waals surface area contributed by atoms with Gasteiger partial charge in [0, 0.05) is 11.6 Å². The molecule has 1 aromatic carbocycles. The summed E-state index contributed by atoms with van der Waals surface area (Å²) in [5.74, 6) is -2.42. The largest absolute Gasteiger partial charge is 0.504 e. The third-order valence-electron chi connectivity index (χ3n) is 3.26. The van der Waals surface area contributed by atoms with Crippen molar-refractivity contribution in [2.24, 2.45) is 5.73 Å². The maximum absolute atomic E-state index is 11.3. The van der Waals surface area contributed by atoms with Crippen LogP contribution in [0, 0.1) is 21.4 Å². The van der Waals surface area contributed by atoms with Gasteiger partial charge in [0.2, 0.25) is 5.75 Å². The van der Waals surface area contributed by atoms with Crippen LogP contribution < -0.4 is 5.73 Å². The molecule has 0 fully saturated rings. The van der Waals surface area contributed by atoms with Gasteiger partial charge >= 0.3 is 11.7 Å². The molecule has 11 heteroatoms. The van der Waals surface area contributed by atoms with E-state index in [0.29, 0.717) is 0 Å². The number of carbonyl (C=O) groups excluding carboxylic acids is 1. The van der Waals surface area contributed by atoms with Gasteiger partial charge in [-0.15, -0.1) is 0 Å². The average Bonchev–Trinajstić information content (AvgIpc) is 2.63. The lowest BCUT2D eigenvalue weighted by Crippen LogP contribution is -2.07. The number of phenolic OH excluding ortho intramolecular Hbond substituents is 2. The van der Waals surface area contributed by atoms with E-state index in [-0.39, 0.29) is 28.2 Å². The number of aromatic nitrogens is 2. The van der Waals surface area contributed by atoms with Gasteiger partial charge in [-0.3, -0.25) is 15.1 Å². The predicted octanol–water partition coefficient (Wildman–Crippen LogP) is 0.933. The quantitative estimate of drug-likeness (QED) is 0.233. The van der Waals surface area contributed by atoms with Gasteiger partial charge in [-0.25, -0.2) is 9.78 Å². The van der Waals surface area contributed by atoms with Crippen molar-refractivity contribution in [1.29, 1.82) is 5.26 Å². The minimum atomic E-state index is -0.924. The number of hydrogen-bond acceptors (Lipinski definition) is 10. The van der Waals surface area contributed by atoms with Gasteiger partial charge < -0.3 is 20.7 Å². The second-order valence-corrected chi connectivity index (χ2v) is 4.80. The molecule has 11 nitrogen and oxygen atoms in total. The number of benzene rings is 1. The second-order valence-electron chi connectivity index (χ2n) is 4.80. The number of carbonyl (C=O) groups is 1. The fourth-order valence-electron chi connectivity index (χ4n) is 1.97. The van der Waals surface area contributed by atoms with Crippen molar-refractivity contribution in [3.63, 3.8) is 0 Å². The van der Waals surface area contributed by atoms with Crippen LogP contribution in [0.15, 0.2) is 24.5 Å². The first kappa shape index (κ1) is 18.1. The van der Waals surface area contributed by atoms with Crippen LogP contribution >= 0.6 is 0 Å². The first-order chi connectivity index (χ1) is 12.3. The minimum Gasteiger partial charge on any atom is -0.504 e. The third kappa shape index (κ3) is 3.34. The Morgan fingerprint density at radius 3 is 2.42 bits per heavy atom. The van der Waals surface area contributed by atoms with Crippen molar-refractivity contribution >= 4 is 22.9 Å². The zero-order valence-electron chi connectivity index (χ0n) is 13.2. The van der Waals surface area contributed by atoms with Crippen molar-refractivity contribution in [3.8, 4) is 17.6 Å². The molecule has 4 N–H and O–H groups in total. The Bertz CT molecular complexity index is 962. The molecule has 26 heavy (non-hydrogen) atoms. The van der Waals surface area contributed by atoms with Gasteiger partial charge in [-0.2, -0.15) is 5.26 Å². The highest BCUT2D eigenvalue weighted by Crippen LogP contribution is 2.38. The van der Waals surface area contributed by atoms with Gasteiger partial charge in [0.15, 0.2) is 11.4 Å². The summed E-state index contributed by atoms with van der Waals surface area (Å²) in [7, 11) is 1.17. The van der Waals surface area contributed by atoms with E-state index in [9.17, 15) is 30.4 Å². The number of nitrogens with zero attached hydrogens (tertiary/aromatic N) is 4. The number of hydrogen-bond donors (Lipinski definition) is 3. The molecule has 0 unspecified atom stereocenters. The van der Waals surface area contributed by atoms with Crippen molar-refractivity contribution < 1.29 is 24.7 Å². The summed E-state index contributed by atoms with van der Waals surface area (Å²) >= 11 is 0. The van der Waals surface area contributed by atoms with Gasteiger partial charge in [0.05, 0.1) is 30.1 Å². The number of allylic oxidation sites excluding steroid dienone is 1. The Morgan fingerprint density at radius 1 is 1.31 bits per heavy atom. The molecule has 0 atom stereocenters. The van der Waals surface area contributed by atoms with Crippen LogP contribution in [0.4, 0.5) is 5.69 Å². The highest BCUT2D eigenvalue weighted by atomic mass is 16.6. The first-order valence-electron chi connectivity index (χ1n) is 6.81. The van der Waals surface area contributed by atoms with E-state index in [4.69, 9.17) is 5.73 Å². The summed E-state index contributed by atoms with van der Waals surface area (Å²) in [4.78, 5) is 29.1. The lowest BCUT2D eigenvalue weighted by Gasteiger charge is -2.08. The van der Waals surface area contributed by atoms with Crippen LogP contribution in [-0.2, 0) is 4.74 Å². The molecule has 0 amide bonds. The number of nitrogens with two attached hydrogens (primary N) is 1. The van der Waals surface area contributed by atoms with E-state index in [1.54, 1.807) is 6.07 Å². The van der Waals surface area contributed by atoms with Crippen LogP contribution in [-0.4, -0.2) is 38.2 Å². The number of phenols is 2. The third-order valence-corrected chi connectivity index (χ3v) is 3.26. The van der Waals surface area contributed by atoms with Crippen molar-refractivity contribution in [2.75, 3.05) is 7.11 Å². The van der Waals surface area contributed by atoms with E-state index < -0.39 is 28.1 Å². The van der Waals surface area contributed by atoms with Crippen molar-refractivity contribution in [1.82, 2.24) is 9.97 Å². The summed E-state index contributed by atoms with van der Waals surface area (Å²) < 4.78 is 4.48. The minimum absolute atomic E-state index is 0.00660. The molecular weight excluding hydrogens is 346 g/mol. The zero-order valence-corrected chi connectivity index (χ0v) is 13.2. The molecule has 1 aromatic heterocycles. The zero-order chi connectivity index (χ0) is 19.4. The van der Waals surface area contributed by atoms with Crippen LogP contribution in [0.2, 0.25) is 0 Å². The molecule has 2 rings (SSSR count). The van der Waals surface area contributed by atoms with Gasteiger partial charge in [-0.05, 0) is 6.07 Å². The molecule has 0 aliphatic carbocycles. The smallest absolute Gasteiger partial charge is 0.358 e. The number of aromatic hydroxyl groups is 2. The van der Waals surface area contributed by atoms with E-state index in [0.717, 1.165) is 24.5 Å². The SMILES string of the molecule is COC(=O)c1cnc(/C(C#N)=C(\N)c2cc(O)c(O)c([N+](=O)[O-])c2)cn1. The Balaban J connectivity index is 2.58. The fraction of sp³-hybridized carbons (Fsp3) is 0.0667. The number of esters is 1. The molecule has 0 aliphatic heterocycles. The number of rotatable bonds is 4. The molecule has 0 aliphatic rings. The van der Waals surface area contributed by atoms with Crippen LogP contribution in [0.5, 0.6) is 11.5 Å². The number of nitro benzene ring substituents is 1. The average molecular weight is 357 g/mol. The summed E-state index contributed by atoms with van der Waals surface area (Å²) in [5, 5.41) is 39.4. The highest BCUT2D eigenvalue weighted by molar-refractivity contribution is 5.96. The van der Waals surface area contributed by atoms with E-state index >= 15 is 0 Å². The van der Waals surface area contributed by atoms with E-state index in [1.165, 1.54) is 7.11 Å². The van der Waals surface area contributed by atoms with Gasteiger partial charge in [0.25, 0.3) is 0 Å². The van der Waals surface area contributed by atoms with Crippen LogP contribution in [0.1, 0.15) is 21.7 Å². The van der Waals surface area contributed by atoms with Gasteiger partial charge in [0.1, 0.15) is 17.3 Å². The molecule has 2 aromatic rings. The summed E-state index contributed by atoms with van der Waals surface area (Å²) in [6.45, 7) is 0. The Morgan fingerprint density at radius 2 is 1.92 bits per heavy atom. The van der Waals surface area contributed by atoms with E-state index in [2.05, 4.69) is 14.7 Å². The highest BCUT2D eigenvalue weighted by Gasteiger charge is 2.21. The van der Waals surface area contributed by atoms with Crippen molar-refractivity contribution in [2.45, 2.75) is 0 Å². The van der Waals surface area contributed by atoms with Gasteiger partial charge in [-0.1, -0.05) is 0 Å². The Kier molecular flexibility index (Phi) is 4.98. The first-order valence-corrected chi connectivity index (χ1v) is 6.81. The summed E-state index contributed by atoms with van der Waals surface area (Å²) in [5.41, 5.74) is 4.47. The topological polar surface area (TPSA) is 185 Å². The van der Waals surface area contributed by atoms with Crippen molar-refractivity contribution in [3.05, 3.63) is 51.6 Å². The molecular formula is C15H11N5O6. The summed E-state index contributed by atoms with van der Waals surface area (Å²) in [6, 6.07) is 3.65. The molecule has 1 heterocycles. The maximum Gasteiger partial charge on any atom is 0.358 e. The number of ether oxygens (including phenoxy) is 1. The standard InChI is InChI=1S/C15H11N5O6/c1-26-15(23)10-6-18-9(5-19-10)8(4-16)13(17)7-2-11(20(24)25)14(22)12(21)3-7/h2-3,5-6,21-22H,17H2,1H3/b13-8-. The van der Waals surface area contributed by atoms with Crippen LogP contribution in [0.25, 0.3) is 11.3 Å². The van der Waals surface area contributed by atoms with Crippen LogP contribution in [0.3, 0.4) is 0 Å². The normalized spacial score (nSPS) is 11.2. The molecule has 0 bridgehead atoms. The lowest BCUT2D eigenvalue weighted by molar-refractivity contribution is -0.386. The predicted molar refractivity (Wildman–Crippen MR) is 86.4 cm³/mol. The lowest BCUT2D eigenvalue weighted by atomic mass is 10.0. The fourth-order valence-corrected chi connectivity index (χ4v) is 1.97. The second kappa shape index (κ2) is 7.14. The molecule has 0 saturated carbocycles. The Hall–Kier alpha value is -4.20. The molecule has 0 radical (unpaired) electrons. The molecule has 0 spiro atoms. The molecule has 0 saturated heterocycles. The maximum atomic E-state index is 11.3. The number of methoxy groups -OCH3 is 1. The summed E-state index contributed by atoms with van der Waals surface area (Å²) in [6.07, 6.45) is 2.18. The number of nitriles is 1. The monoisotopic (exact) mass is 357 g/mol. The Labute approximate surface area is 145 Å². The molecule has 132 valence electrons.